The van der Waals surface area contributed by atoms with Gasteiger partial charge in [0.05, 0.1) is 0 Å². The number of carbonyl (C=O) groups is 1. The van der Waals surface area contributed by atoms with Crippen LogP contribution >= 0.6 is 0 Å². The third-order valence-corrected chi connectivity index (χ3v) is 3.11. The molecule has 0 spiro atoms. The first-order chi connectivity index (χ1) is 9.33. The molecular weight excluding hydrogens is 238 g/mol. The molecule has 0 atom stereocenters. The molecule has 0 N–H and O–H groups in total. The van der Waals surface area contributed by atoms with Gasteiger partial charge in [-0.15, -0.1) is 0 Å². The van der Waals surface area contributed by atoms with E-state index in [2.05, 4.69) is 11.9 Å². The van der Waals surface area contributed by atoms with Crippen molar-refractivity contribution in [2.75, 3.05) is 0 Å². The molecule has 0 saturated carbocycles. The lowest BCUT2D eigenvalue weighted by molar-refractivity contribution is -0.145. The van der Waals surface area contributed by atoms with E-state index in [1.54, 1.807) is 12.4 Å². The summed E-state index contributed by atoms with van der Waals surface area (Å²) < 4.78 is 5.19. The highest BCUT2D eigenvalue weighted by atomic mass is 16.5. The molecule has 1 aromatic heterocycles. The Labute approximate surface area is 116 Å². The minimum absolute atomic E-state index is 0.0996. The number of hydrogen-bond donors (Lipinski definition) is 0. The SMILES string of the molecule is CCCCCCCCCC(=O)OCc1cccnc1. The van der Waals surface area contributed by atoms with Crippen molar-refractivity contribution in [1.82, 2.24) is 4.98 Å². The second-order valence-electron chi connectivity index (χ2n) is 4.89. The van der Waals surface area contributed by atoms with Crippen LogP contribution in [0.15, 0.2) is 24.5 Å². The van der Waals surface area contributed by atoms with Crippen LogP contribution in [0.3, 0.4) is 0 Å². The molecule has 1 heterocycles. The van der Waals surface area contributed by atoms with E-state index < -0.39 is 0 Å². The molecule has 0 aromatic carbocycles. The van der Waals surface area contributed by atoms with Crippen molar-refractivity contribution >= 4 is 5.97 Å². The largest absolute Gasteiger partial charge is 0.461 e. The molecule has 3 nitrogen and oxygen atoms in total. The lowest BCUT2D eigenvalue weighted by atomic mass is 10.1. The van der Waals surface area contributed by atoms with Crippen LogP contribution in [0.2, 0.25) is 0 Å². The maximum absolute atomic E-state index is 11.5. The van der Waals surface area contributed by atoms with Crippen molar-refractivity contribution in [2.45, 2.75) is 64.9 Å². The molecule has 0 radical (unpaired) electrons. The monoisotopic (exact) mass is 263 g/mol. The van der Waals surface area contributed by atoms with Crippen LogP contribution in [0.5, 0.6) is 0 Å². The zero-order chi connectivity index (χ0) is 13.8. The summed E-state index contributed by atoms with van der Waals surface area (Å²) in [5, 5.41) is 0. The Bertz CT molecular complexity index is 338. The van der Waals surface area contributed by atoms with E-state index in [0.29, 0.717) is 13.0 Å². The fraction of sp³-hybridized carbons (Fsp3) is 0.625. The standard InChI is InChI=1S/C16H25NO2/c1-2-3-4-5-6-7-8-11-16(18)19-14-15-10-9-12-17-13-15/h9-10,12-13H,2-8,11,14H2,1H3. The van der Waals surface area contributed by atoms with Crippen molar-refractivity contribution in [3.05, 3.63) is 30.1 Å². The van der Waals surface area contributed by atoms with Gasteiger partial charge in [-0.1, -0.05) is 51.5 Å². The first-order valence-electron chi connectivity index (χ1n) is 7.37. The summed E-state index contributed by atoms with van der Waals surface area (Å²) in [6, 6.07) is 3.76. The molecule has 0 aliphatic rings. The second-order valence-corrected chi connectivity index (χ2v) is 4.89. The third-order valence-electron chi connectivity index (χ3n) is 3.11. The lowest BCUT2D eigenvalue weighted by Crippen LogP contribution is -2.04. The van der Waals surface area contributed by atoms with E-state index in [0.717, 1.165) is 18.4 Å². The predicted molar refractivity (Wildman–Crippen MR) is 76.6 cm³/mol. The third kappa shape index (κ3) is 8.36. The molecule has 0 saturated heterocycles. The predicted octanol–water partition coefficient (Wildman–Crippen LogP) is 4.27. The van der Waals surface area contributed by atoms with E-state index in [9.17, 15) is 4.79 Å². The molecule has 0 aliphatic carbocycles. The van der Waals surface area contributed by atoms with Crippen LogP contribution in [0.25, 0.3) is 0 Å². The number of carbonyl (C=O) groups excluding carboxylic acids is 1. The Balaban J connectivity index is 1.96. The topological polar surface area (TPSA) is 39.2 Å². The number of aromatic nitrogens is 1. The second kappa shape index (κ2) is 10.5. The first-order valence-corrected chi connectivity index (χ1v) is 7.37. The Morgan fingerprint density at radius 1 is 1.16 bits per heavy atom. The summed E-state index contributed by atoms with van der Waals surface area (Å²) in [5.74, 6) is -0.0996. The van der Waals surface area contributed by atoms with Crippen molar-refractivity contribution in [3.8, 4) is 0 Å². The van der Waals surface area contributed by atoms with Gasteiger partial charge in [0.1, 0.15) is 6.61 Å². The number of ether oxygens (including phenoxy) is 1. The maximum atomic E-state index is 11.5. The van der Waals surface area contributed by atoms with Gasteiger partial charge in [0.15, 0.2) is 0 Å². The van der Waals surface area contributed by atoms with Gasteiger partial charge in [-0.25, -0.2) is 0 Å². The van der Waals surface area contributed by atoms with Gasteiger partial charge in [0, 0.05) is 24.4 Å². The summed E-state index contributed by atoms with van der Waals surface area (Å²) in [6.45, 7) is 2.56. The molecule has 106 valence electrons. The van der Waals surface area contributed by atoms with Crippen LogP contribution in [-0.4, -0.2) is 11.0 Å². The van der Waals surface area contributed by atoms with Gasteiger partial charge >= 0.3 is 5.97 Å². The molecule has 19 heavy (non-hydrogen) atoms. The highest BCUT2D eigenvalue weighted by Crippen LogP contribution is 2.09. The molecule has 1 rings (SSSR count). The Morgan fingerprint density at radius 3 is 2.58 bits per heavy atom. The molecule has 0 unspecified atom stereocenters. The Kier molecular flexibility index (Phi) is 8.69. The average molecular weight is 263 g/mol. The average Bonchev–Trinajstić information content (AvgIpc) is 2.45. The van der Waals surface area contributed by atoms with E-state index in [1.807, 2.05) is 12.1 Å². The normalized spacial score (nSPS) is 10.4. The first kappa shape index (κ1) is 15.7. The van der Waals surface area contributed by atoms with E-state index >= 15 is 0 Å². The quantitative estimate of drug-likeness (QED) is 0.467. The van der Waals surface area contributed by atoms with Crippen LogP contribution in [-0.2, 0) is 16.1 Å². The van der Waals surface area contributed by atoms with Gasteiger partial charge in [-0.05, 0) is 12.5 Å². The van der Waals surface area contributed by atoms with Crippen molar-refractivity contribution in [1.29, 1.82) is 0 Å². The fourth-order valence-corrected chi connectivity index (χ4v) is 1.95. The summed E-state index contributed by atoms with van der Waals surface area (Å²) in [4.78, 5) is 15.5. The number of pyridine rings is 1. The molecule has 0 bridgehead atoms. The molecule has 0 aliphatic heterocycles. The highest BCUT2D eigenvalue weighted by Gasteiger charge is 2.03. The van der Waals surface area contributed by atoms with Crippen LogP contribution < -0.4 is 0 Å². The zero-order valence-corrected chi connectivity index (χ0v) is 11.9. The number of nitrogens with zero attached hydrogens (tertiary/aromatic N) is 1. The fourth-order valence-electron chi connectivity index (χ4n) is 1.95. The van der Waals surface area contributed by atoms with E-state index in [4.69, 9.17) is 4.74 Å². The van der Waals surface area contributed by atoms with Gasteiger partial charge in [0.25, 0.3) is 0 Å². The Hall–Kier alpha value is -1.38. The van der Waals surface area contributed by atoms with Crippen molar-refractivity contribution < 1.29 is 9.53 Å². The maximum Gasteiger partial charge on any atom is 0.306 e. The number of unbranched alkanes of at least 4 members (excludes halogenated alkanes) is 6. The summed E-state index contributed by atoms with van der Waals surface area (Å²) in [6.07, 6.45) is 12.5. The molecule has 0 fully saturated rings. The van der Waals surface area contributed by atoms with E-state index in [1.165, 1.54) is 32.1 Å². The summed E-state index contributed by atoms with van der Waals surface area (Å²) in [5.41, 5.74) is 0.940. The Morgan fingerprint density at radius 2 is 1.89 bits per heavy atom. The van der Waals surface area contributed by atoms with Gasteiger partial charge in [0.2, 0.25) is 0 Å². The van der Waals surface area contributed by atoms with Crippen LogP contribution in [0, 0.1) is 0 Å². The number of esters is 1. The minimum Gasteiger partial charge on any atom is -0.461 e. The van der Waals surface area contributed by atoms with Crippen molar-refractivity contribution in [2.24, 2.45) is 0 Å². The molecule has 0 amide bonds. The van der Waals surface area contributed by atoms with Crippen LogP contribution in [0.4, 0.5) is 0 Å². The van der Waals surface area contributed by atoms with E-state index in [-0.39, 0.29) is 5.97 Å². The number of rotatable bonds is 10. The van der Waals surface area contributed by atoms with Gasteiger partial charge in [-0.2, -0.15) is 0 Å². The van der Waals surface area contributed by atoms with Gasteiger partial charge < -0.3 is 4.74 Å². The van der Waals surface area contributed by atoms with Crippen LogP contribution in [0.1, 0.15) is 63.9 Å². The highest BCUT2D eigenvalue weighted by molar-refractivity contribution is 5.69. The molecule has 3 heteroatoms. The van der Waals surface area contributed by atoms with Crippen molar-refractivity contribution in [3.63, 3.8) is 0 Å². The zero-order valence-electron chi connectivity index (χ0n) is 11.9. The summed E-state index contributed by atoms with van der Waals surface area (Å²) >= 11 is 0. The molecule has 1 aromatic rings. The smallest absolute Gasteiger partial charge is 0.306 e. The van der Waals surface area contributed by atoms with Gasteiger partial charge in [-0.3, -0.25) is 9.78 Å². The number of hydrogen-bond acceptors (Lipinski definition) is 3. The minimum atomic E-state index is -0.0996. The molecular formula is C16H25NO2. The lowest BCUT2D eigenvalue weighted by Gasteiger charge is -2.04. The summed E-state index contributed by atoms with van der Waals surface area (Å²) in [7, 11) is 0.